The number of para-hydroxylation sites is 1. The van der Waals surface area contributed by atoms with E-state index in [2.05, 4.69) is 63.1 Å². The van der Waals surface area contributed by atoms with Gasteiger partial charge in [-0.1, -0.05) is 30.3 Å². The van der Waals surface area contributed by atoms with E-state index in [-0.39, 0.29) is 0 Å². The normalized spacial score (nSPS) is 11.5. The van der Waals surface area contributed by atoms with Gasteiger partial charge in [0.05, 0.1) is 51.1 Å². The summed E-state index contributed by atoms with van der Waals surface area (Å²) in [6.45, 7) is 0. The molecule has 0 aliphatic carbocycles. The molecule has 7 aromatic rings. The lowest BCUT2D eigenvalue weighted by molar-refractivity contribution is 0.619. The molecule has 34 heavy (non-hydrogen) atoms. The molecule has 0 aliphatic heterocycles. The van der Waals surface area contributed by atoms with Crippen LogP contribution >= 0.6 is 0 Å². The van der Waals surface area contributed by atoms with Gasteiger partial charge in [-0.15, -0.1) is 0 Å². The highest BCUT2D eigenvalue weighted by Crippen LogP contribution is 2.38. The van der Waals surface area contributed by atoms with Gasteiger partial charge in [-0.3, -0.25) is 9.97 Å². The van der Waals surface area contributed by atoms with E-state index < -0.39 is 0 Å². The molecule has 0 aliphatic rings. The molecule has 0 spiro atoms. The van der Waals surface area contributed by atoms with E-state index in [0.717, 1.165) is 61.2 Å². The SMILES string of the molecule is c1ccc(-c2cc(-n3c4ccccc4c4c5occc5ccc43)cc(-c3ccccn3)n2)nc1. The van der Waals surface area contributed by atoms with Crippen molar-refractivity contribution in [1.82, 2.24) is 19.5 Å². The van der Waals surface area contributed by atoms with Crippen molar-refractivity contribution in [3.05, 3.63) is 110 Å². The van der Waals surface area contributed by atoms with Crippen molar-refractivity contribution in [1.29, 1.82) is 0 Å². The third kappa shape index (κ3) is 2.84. The predicted molar refractivity (Wildman–Crippen MR) is 135 cm³/mol. The van der Waals surface area contributed by atoms with Gasteiger partial charge in [-0.2, -0.15) is 0 Å². The minimum atomic E-state index is 0.795. The molecule has 5 heteroatoms. The molecular formula is C29H18N4O. The van der Waals surface area contributed by atoms with Crippen molar-refractivity contribution >= 4 is 32.8 Å². The van der Waals surface area contributed by atoms with E-state index in [9.17, 15) is 0 Å². The van der Waals surface area contributed by atoms with E-state index in [4.69, 9.17) is 9.40 Å². The standard InChI is InChI=1S/C29H18N4O/c1-2-10-26-21(7-1)28-27(12-11-19-13-16-34-29(19)28)33(26)20-17-24(22-8-3-5-14-30-22)32-25(18-20)23-9-4-6-15-31-23/h1-18H. The lowest BCUT2D eigenvalue weighted by Gasteiger charge is -2.12. The first-order chi connectivity index (χ1) is 16.9. The summed E-state index contributed by atoms with van der Waals surface area (Å²) >= 11 is 0. The molecule has 7 rings (SSSR count). The van der Waals surface area contributed by atoms with Gasteiger partial charge in [-0.05, 0) is 60.7 Å². The third-order valence-electron chi connectivity index (χ3n) is 6.18. The van der Waals surface area contributed by atoms with Gasteiger partial charge >= 0.3 is 0 Å². The fourth-order valence-electron chi connectivity index (χ4n) is 4.69. The number of nitrogens with zero attached hydrogens (tertiary/aromatic N) is 4. The maximum Gasteiger partial charge on any atom is 0.143 e. The van der Waals surface area contributed by atoms with Crippen molar-refractivity contribution in [3.63, 3.8) is 0 Å². The van der Waals surface area contributed by atoms with Crippen LogP contribution in [-0.4, -0.2) is 19.5 Å². The summed E-state index contributed by atoms with van der Waals surface area (Å²) in [7, 11) is 0. The van der Waals surface area contributed by atoms with Gasteiger partial charge in [0.25, 0.3) is 0 Å². The smallest absolute Gasteiger partial charge is 0.143 e. The Morgan fingerprint density at radius 2 is 1.32 bits per heavy atom. The van der Waals surface area contributed by atoms with E-state index in [0.29, 0.717) is 0 Å². The molecule has 0 saturated carbocycles. The van der Waals surface area contributed by atoms with E-state index in [1.165, 1.54) is 0 Å². The summed E-state index contributed by atoms with van der Waals surface area (Å²) in [6, 6.07) is 30.6. The fraction of sp³-hybridized carbons (Fsp3) is 0. The highest BCUT2D eigenvalue weighted by molar-refractivity contribution is 6.19. The number of furan rings is 1. The zero-order valence-corrected chi connectivity index (χ0v) is 18.1. The quantitative estimate of drug-likeness (QED) is 0.297. The summed E-state index contributed by atoms with van der Waals surface area (Å²) in [4.78, 5) is 14.0. The zero-order chi connectivity index (χ0) is 22.5. The lowest BCUT2D eigenvalue weighted by Crippen LogP contribution is -1.99. The summed E-state index contributed by atoms with van der Waals surface area (Å²) in [5.41, 5.74) is 7.30. The highest BCUT2D eigenvalue weighted by Gasteiger charge is 2.18. The molecule has 0 bridgehead atoms. The second-order valence-electron chi connectivity index (χ2n) is 8.18. The molecule has 2 aromatic carbocycles. The van der Waals surface area contributed by atoms with Gasteiger partial charge in [0, 0.05) is 23.2 Å². The molecule has 160 valence electrons. The van der Waals surface area contributed by atoms with Crippen molar-refractivity contribution in [2.45, 2.75) is 0 Å². The number of hydrogen-bond acceptors (Lipinski definition) is 4. The summed E-state index contributed by atoms with van der Waals surface area (Å²) in [5.74, 6) is 0. The van der Waals surface area contributed by atoms with E-state index in [1.54, 1.807) is 18.7 Å². The van der Waals surface area contributed by atoms with Crippen LogP contribution in [0.4, 0.5) is 0 Å². The van der Waals surface area contributed by atoms with Gasteiger partial charge < -0.3 is 8.98 Å². The number of hydrogen-bond donors (Lipinski definition) is 0. The highest BCUT2D eigenvalue weighted by atomic mass is 16.3. The molecule has 5 nitrogen and oxygen atoms in total. The minimum absolute atomic E-state index is 0.795. The van der Waals surface area contributed by atoms with Crippen molar-refractivity contribution in [2.75, 3.05) is 0 Å². The minimum Gasteiger partial charge on any atom is -0.464 e. The Balaban J connectivity index is 1.59. The molecule has 0 radical (unpaired) electrons. The Kier molecular flexibility index (Phi) is 4.08. The number of fused-ring (bicyclic) bond motifs is 5. The fourth-order valence-corrected chi connectivity index (χ4v) is 4.69. The summed E-state index contributed by atoms with van der Waals surface area (Å²) < 4.78 is 8.20. The predicted octanol–water partition coefficient (Wildman–Crippen LogP) is 7.05. The van der Waals surface area contributed by atoms with Crippen LogP contribution in [0.1, 0.15) is 0 Å². The Hall–Kier alpha value is -4.77. The average Bonchev–Trinajstić information content (AvgIpc) is 3.52. The molecule has 0 N–H and O–H groups in total. The van der Waals surface area contributed by atoms with Gasteiger partial charge in [0.2, 0.25) is 0 Å². The Bertz CT molecular complexity index is 1740. The van der Waals surface area contributed by atoms with Gasteiger partial charge in [0.15, 0.2) is 0 Å². The first-order valence-electron chi connectivity index (χ1n) is 11.1. The molecular weight excluding hydrogens is 420 g/mol. The van der Waals surface area contributed by atoms with Crippen molar-refractivity contribution < 1.29 is 4.42 Å². The first kappa shape index (κ1) is 18.8. The van der Waals surface area contributed by atoms with Gasteiger partial charge in [0.1, 0.15) is 5.58 Å². The Morgan fingerprint density at radius 1 is 0.618 bits per heavy atom. The first-order valence-corrected chi connectivity index (χ1v) is 11.1. The second-order valence-corrected chi connectivity index (χ2v) is 8.18. The molecule has 0 amide bonds. The molecule has 5 heterocycles. The molecule has 0 atom stereocenters. The summed E-state index contributed by atoms with van der Waals surface area (Å²) in [5, 5.41) is 3.34. The molecule has 0 unspecified atom stereocenters. The third-order valence-corrected chi connectivity index (χ3v) is 6.18. The number of pyridine rings is 3. The summed E-state index contributed by atoms with van der Waals surface area (Å²) in [6.07, 6.45) is 5.33. The van der Waals surface area contributed by atoms with E-state index in [1.807, 2.05) is 42.5 Å². The van der Waals surface area contributed by atoms with Gasteiger partial charge in [-0.25, -0.2) is 4.98 Å². The van der Waals surface area contributed by atoms with Crippen LogP contribution < -0.4 is 0 Å². The van der Waals surface area contributed by atoms with Crippen LogP contribution in [0, 0.1) is 0 Å². The number of benzene rings is 2. The second kappa shape index (κ2) is 7.39. The number of aromatic nitrogens is 4. The monoisotopic (exact) mass is 438 g/mol. The van der Waals surface area contributed by atoms with Crippen LogP contribution in [0.3, 0.4) is 0 Å². The van der Waals surface area contributed by atoms with Crippen LogP contribution in [0.5, 0.6) is 0 Å². The topological polar surface area (TPSA) is 56.7 Å². The van der Waals surface area contributed by atoms with Crippen molar-refractivity contribution in [3.8, 4) is 28.5 Å². The molecule has 5 aromatic heterocycles. The molecule has 0 fully saturated rings. The van der Waals surface area contributed by atoms with Crippen LogP contribution in [0.15, 0.2) is 114 Å². The average molecular weight is 438 g/mol. The Morgan fingerprint density at radius 3 is 2.03 bits per heavy atom. The zero-order valence-electron chi connectivity index (χ0n) is 18.1. The van der Waals surface area contributed by atoms with E-state index >= 15 is 0 Å². The molecule has 0 saturated heterocycles. The van der Waals surface area contributed by atoms with Crippen LogP contribution in [0.25, 0.3) is 61.2 Å². The van der Waals surface area contributed by atoms with Crippen LogP contribution in [0.2, 0.25) is 0 Å². The maximum absolute atomic E-state index is 5.93. The van der Waals surface area contributed by atoms with Crippen LogP contribution in [-0.2, 0) is 0 Å². The lowest BCUT2D eigenvalue weighted by atomic mass is 10.1. The Labute approximate surface area is 195 Å². The maximum atomic E-state index is 5.93. The largest absolute Gasteiger partial charge is 0.464 e. The van der Waals surface area contributed by atoms with Crippen molar-refractivity contribution in [2.24, 2.45) is 0 Å². The number of rotatable bonds is 3.